The number of ether oxygens (including phenoxy) is 2. The van der Waals surface area contributed by atoms with Gasteiger partial charge in [0.2, 0.25) is 0 Å². The fraction of sp³-hybridized carbons (Fsp3) is 0.250. The van der Waals surface area contributed by atoms with Crippen LogP contribution in [-0.2, 0) is 4.74 Å². The summed E-state index contributed by atoms with van der Waals surface area (Å²) in [5.41, 5.74) is 1.52. The third-order valence-electron chi connectivity index (χ3n) is 5.11. The second-order valence-electron chi connectivity index (χ2n) is 6.89. The molecule has 3 aromatic carbocycles. The van der Waals surface area contributed by atoms with Crippen molar-refractivity contribution in [1.82, 2.24) is 0 Å². The minimum atomic E-state index is -1.51. The molecular weight excluding hydrogens is 407 g/mol. The number of hydrogen-bond donors (Lipinski definition) is 1. The average Bonchev–Trinajstić information content (AvgIpc) is 2.76. The molecule has 29 heavy (non-hydrogen) atoms. The first-order valence-corrected chi connectivity index (χ1v) is 10.7. The molecule has 5 heteroatoms. The lowest BCUT2D eigenvalue weighted by Crippen LogP contribution is -2.45. The summed E-state index contributed by atoms with van der Waals surface area (Å²) in [6, 6.07) is 20.0. The summed E-state index contributed by atoms with van der Waals surface area (Å²) >= 11 is 11.8. The van der Waals surface area contributed by atoms with Crippen molar-refractivity contribution < 1.29 is 14.6 Å². The largest absolute Gasteiger partial charge is 0.492 e. The molecule has 150 valence electrons. The van der Waals surface area contributed by atoms with Crippen molar-refractivity contribution in [1.29, 1.82) is 0 Å². The van der Waals surface area contributed by atoms with Crippen LogP contribution in [-0.4, -0.2) is 35.9 Å². The van der Waals surface area contributed by atoms with Gasteiger partial charge in [0.25, 0.3) is 0 Å². The van der Waals surface area contributed by atoms with Crippen molar-refractivity contribution in [3.8, 4) is 5.75 Å². The van der Waals surface area contributed by atoms with Crippen molar-refractivity contribution in [3.63, 3.8) is 0 Å². The zero-order chi connectivity index (χ0) is 20.3. The van der Waals surface area contributed by atoms with Gasteiger partial charge in [-0.25, -0.2) is 0 Å². The van der Waals surface area contributed by atoms with Crippen LogP contribution in [0.4, 0.5) is 0 Å². The van der Waals surface area contributed by atoms with Crippen LogP contribution in [0, 0.1) is 0 Å². The van der Waals surface area contributed by atoms with E-state index >= 15 is 0 Å². The van der Waals surface area contributed by atoms with Gasteiger partial charge in [0, 0.05) is 23.4 Å². The number of halogens is 2. The smallest absolute Gasteiger partial charge is 0.197 e. The number of alkyl halides is 2. The lowest BCUT2D eigenvalue weighted by atomic mass is 9.85. The van der Waals surface area contributed by atoms with Gasteiger partial charge in [-0.15, -0.1) is 23.2 Å². The van der Waals surface area contributed by atoms with Crippen molar-refractivity contribution in [2.24, 2.45) is 0 Å². The predicted molar refractivity (Wildman–Crippen MR) is 119 cm³/mol. The summed E-state index contributed by atoms with van der Waals surface area (Å²) in [4.78, 5) is 0. The topological polar surface area (TPSA) is 38.7 Å². The highest BCUT2D eigenvalue weighted by molar-refractivity contribution is 6.18. The zero-order valence-corrected chi connectivity index (χ0v) is 17.4. The summed E-state index contributed by atoms with van der Waals surface area (Å²) < 4.78 is 11.9. The van der Waals surface area contributed by atoms with Gasteiger partial charge >= 0.3 is 0 Å². The zero-order valence-electron chi connectivity index (χ0n) is 15.9. The maximum atomic E-state index is 11.6. The van der Waals surface area contributed by atoms with Gasteiger partial charge in [-0.2, -0.15) is 0 Å². The van der Waals surface area contributed by atoms with E-state index in [9.17, 15) is 5.11 Å². The number of fused-ring (bicyclic) bond motifs is 2. The van der Waals surface area contributed by atoms with E-state index in [1.54, 1.807) is 0 Å². The summed E-state index contributed by atoms with van der Waals surface area (Å²) in [6.07, 6.45) is 2.33. The van der Waals surface area contributed by atoms with Gasteiger partial charge in [-0.1, -0.05) is 60.7 Å². The van der Waals surface area contributed by atoms with Crippen molar-refractivity contribution in [3.05, 3.63) is 76.7 Å². The highest BCUT2D eigenvalue weighted by Gasteiger charge is 2.37. The minimum absolute atomic E-state index is 0.236. The Hall–Kier alpha value is -2.04. The molecule has 1 atom stereocenters. The molecule has 0 heterocycles. The van der Waals surface area contributed by atoms with E-state index in [0.29, 0.717) is 36.1 Å². The fourth-order valence-corrected chi connectivity index (χ4v) is 4.06. The first-order chi connectivity index (χ1) is 14.2. The molecule has 0 spiro atoms. The van der Waals surface area contributed by atoms with Crippen LogP contribution in [0.5, 0.6) is 5.75 Å². The first kappa shape index (κ1) is 20.2. The van der Waals surface area contributed by atoms with Gasteiger partial charge in [0.15, 0.2) is 5.79 Å². The molecule has 1 N–H and O–H groups in total. The molecule has 1 aliphatic rings. The molecule has 3 aromatic rings. The van der Waals surface area contributed by atoms with Gasteiger partial charge in [-0.3, -0.25) is 0 Å². The van der Waals surface area contributed by atoms with E-state index in [-0.39, 0.29) is 6.61 Å². The van der Waals surface area contributed by atoms with Gasteiger partial charge in [0.05, 0.1) is 12.5 Å². The Balaban J connectivity index is 2.09. The highest BCUT2D eigenvalue weighted by Crippen LogP contribution is 2.40. The molecule has 0 saturated carbocycles. The fourth-order valence-electron chi connectivity index (χ4n) is 3.91. The summed E-state index contributed by atoms with van der Waals surface area (Å²) in [5.74, 6) is -0.169. The third-order valence-corrected chi connectivity index (χ3v) is 5.42. The molecule has 0 saturated heterocycles. The summed E-state index contributed by atoms with van der Waals surface area (Å²) in [7, 11) is 0. The van der Waals surface area contributed by atoms with Crippen LogP contribution in [0.15, 0.2) is 60.7 Å². The van der Waals surface area contributed by atoms with Crippen LogP contribution in [0.2, 0.25) is 0 Å². The molecule has 0 aliphatic heterocycles. The lowest BCUT2D eigenvalue weighted by molar-refractivity contribution is -0.149. The predicted octanol–water partition coefficient (Wildman–Crippen LogP) is 3.78. The van der Waals surface area contributed by atoms with Crippen LogP contribution < -0.4 is 15.2 Å². The second-order valence-corrected chi connectivity index (χ2v) is 7.65. The maximum Gasteiger partial charge on any atom is 0.197 e. The van der Waals surface area contributed by atoms with Crippen LogP contribution in [0.25, 0.3) is 22.4 Å². The van der Waals surface area contributed by atoms with Crippen LogP contribution in [0.3, 0.4) is 0 Å². The van der Waals surface area contributed by atoms with E-state index in [1.165, 1.54) is 0 Å². The molecule has 0 aromatic heterocycles. The lowest BCUT2D eigenvalue weighted by Gasteiger charge is -2.33. The third kappa shape index (κ3) is 3.88. The first-order valence-electron chi connectivity index (χ1n) is 9.61. The molecule has 0 unspecified atom stereocenters. The van der Waals surface area contributed by atoms with Crippen LogP contribution in [0.1, 0.15) is 12.0 Å². The van der Waals surface area contributed by atoms with Crippen molar-refractivity contribution in [2.45, 2.75) is 12.2 Å². The normalized spacial score (nSPS) is 18.4. The Morgan fingerprint density at radius 3 is 2.48 bits per heavy atom. The highest BCUT2D eigenvalue weighted by atomic mass is 35.5. The van der Waals surface area contributed by atoms with E-state index < -0.39 is 5.79 Å². The number of benzene rings is 3. The van der Waals surface area contributed by atoms with E-state index in [4.69, 9.17) is 32.7 Å². The summed E-state index contributed by atoms with van der Waals surface area (Å²) in [5, 5.41) is 15.7. The Labute approximate surface area is 179 Å². The monoisotopic (exact) mass is 428 g/mol. The molecule has 0 amide bonds. The van der Waals surface area contributed by atoms with Gasteiger partial charge < -0.3 is 14.6 Å². The number of aliphatic hydroxyl groups is 1. The van der Waals surface area contributed by atoms with E-state index in [0.717, 1.165) is 26.8 Å². The SMILES string of the molecule is O[C@]1(OCCCl)CC=c2ccccc2=C1c1c(OCCCl)ccc2ccccc12. The van der Waals surface area contributed by atoms with Gasteiger partial charge in [-0.05, 0) is 27.3 Å². The maximum absolute atomic E-state index is 11.6. The molecule has 4 rings (SSSR count). The van der Waals surface area contributed by atoms with E-state index in [2.05, 4.69) is 0 Å². The Bertz CT molecular complexity index is 1140. The Morgan fingerprint density at radius 1 is 0.897 bits per heavy atom. The van der Waals surface area contributed by atoms with Gasteiger partial charge in [0.1, 0.15) is 12.4 Å². The Kier molecular flexibility index (Phi) is 6.12. The van der Waals surface area contributed by atoms with Crippen molar-refractivity contribution in [2.75, 3.05) is 25.0 Å². The van der Waals surface area contributed by atoms with Crippen molar-refractivity contribution >= 4 is 45.6 Å². The molecule has 0 bridgehead atoms. The second kappa shape index (κ2) is 8.76. The molecule has 3 nitrogen and oxygen atoms in total. The quantitative estimate of drug-likeness (QED) is 0.459. The molecule has 0 radical (unpaired) electrons. The van der Waals surface area contributed by atoms with Crippen LogP contribution >= 0.6 is 23.2 Å². The number of rotatable bonds is 7. The van der Waals surface area contributed by atoms with E-state index in [1.807, 2.05) is 66.7 Å². The Morgan fingerprint density at radius 2 is 1.66 bits per heavy atom. The standard InChI is InChI=1S/C24H22Cl2O3/c25-13-15-28-21-10-9-17-5-1-3-7-19(17)22(21)23-20-8-4-2-6-18(20)11-12-24(23,27)29-16-14-26/h1-11,27H,12-16H2/t24-/m0/s1. The molecule has 0 fully saturated rings. The average molecular weight is 429 g/mol. The summed E-state index contributed by atoms with van der Waals surface area (Å²) in [6.45, 7) is 0.606. The molecular formula is C24H22Cl2O3. The minimum Gasteiger partial charge on any atom is -0.492 e. The number of hydrogen-bond acceptors (Lipinski definition) is 3. The molecule has 1 aliphatic carbocycles.